The molecule has 0 unspecified atom stereocenters. The van der Waals surface area contributed by atoms with E-state index in [1.54, 1.807) is 13.3 Å². The van der Waals surface area contributed by atoms with Crippen molar-refractivity contribution in [2.24, 2.45) is 0 Å². The van der Waals surface area contributed by atoms with E-state index in [1.807, 2.05) is 36.4 Å². The molecule has 25 heavy (non-hydrogen) atoms. The van der Waals surface area contributed by atoms with Gasteiger partial charge in [-0.2, -0.15) is 0 Å². The smallest absolute Gasteiger partial charge is 0.274 e. The van der Waals surface area contributed by atoms with Gasteiger partial charge < -0.3 is 19.9 Å². The lowest BCUT2D eigenvalue weighted by Crippen LogP contribution is -2.46. The predicted octanol–water partition coefficient (Wildman–Crippen LogP) is 2.48. The van der Waals surface area contributed by atoms with Crippen LogP contribution < -0.4 is 15.0 Å². The van der Waals surface area contributed by atoms with Gasteiger partial charge in [-0.1, -0.05) is 19.1 Å². The molecule has 1 aliphatic rings. The number of hydrogen-bond donors (Lipinski definition) is 1. The van der Waals surface area contributed by atoms with Crippen LogP contribution in [0.5, 0.6) is 5.75 Å². The zero-order chi connectivity index (χ0) is 17.6. The van der Waals surface area contributed by atoms with Crippen molar-refractivity contribution in [3.05, 3.63) is 48.3 Å². The Balaban J connectivity index is 1.72. The zero-order valence-corrected chi connectivity index (χ0v) is 14.7. The summed E-state index contributed by atoms with van der Waals surface area (Å²) in [6, 6.07) is 11.2. The second kappa shape index (κ2) is 7.98. The molecule has 2 heterocycles. The Morgan fingerprint density at radius 1 is 1.20 bits per heavy atom. The highest BCUT2D eigenvalue weighted by molar-refractivity contribution is 6.04. The number of anilines is 2. The summed E-state index contributed by atoms with van der Waals surface area (Å²) < 4.78 is 5.27. The molecule has 0 spiro atoms. The van der Waals surface area contributed by atoms with Crippen molar-refractivity contribution in [1.29, 1.82) is 0 Å². The molecule has 6 nitrogen and oxygen atoms in total. The van der Waals surface area contributed by atoms with Crippen molar-refractivity contribution in [2.45, 2.75) is 6.92 Å². The van der Waals surface area contributed by atoms with E-state index >= 15 is 0 Å². The molecule has 1 fully saturated rings. The number of carbonyl (C=O) groups excluding carboxylic acids is 1. The summed E-state index contributed by atoms with van der Waals surface area (Å²) in [5.41, 5.74) is 2.08. The summed E-state index contributed by atoms with van der Waals surface area (Å²) in [4.78, 5) is 21.5. The number of ether oxygens (including phenoxy) is 1. The van der Waals surface area contributed by atoms with Crippen molar-refractivity contribution in [3.63, 3.8) is 0 Å². The Bertz CT molecular complexity index is 727. The van der Waals surface area contributed by atoms with Gasteiger partial charge in [0.2, 0.25) is 0 Å². The van der Waals surface area contributed by atoms with E-state index < -0.39 is 0 Å². The Hall–Kier alpha value is -2.60. The van der Waals surface area contributed by atoms with Crippen LogP contribution in [0.25, 0.3) is 0 Å². The zero-order valence-electron chi connectivity index (χ0n) is 14.7. The highest BCUT2D eigenvalue weighted by atomic mass is 16.5. The topological polar surface area (TPSA) is 57.7 Å². The van der Waals surface area contributed by atoms with Gasteiger partial charge in [0.15, 0.2) is 0 Å². The van der Waals surface area contributed by atoms with Crippen molar-refractivity contribution >= 4 is 17.3 Å². The van der Waals surface area contributed by atoms with Crippen LogP contribution >= 0.6 is 0 Å². The molecule has 1 saturated heterocycles. The molecule has 6 heteroatoms. The van der Waals surface area contributed by atoms with E-state index in [0.29, 0.717) is 17.1 Å². The van der Waals surface area contributed by atoms with Crippen molar-refractivity contribution < 1.29 is 9.53 Å². The lowest BCUT2D eigenvalue weighted by molar-refractivity contribution is 0.102. The maximum atomic E-state index is 12.6. The minimum Gasteiger partial charge on any atom is -0.495 e. The first kappa shape index (κ1) is 17.2. The number of nitrogens with one attached hydrogen (secondary N) is 1. The maximum Gasteiger partial charge on any atom is 0.274 e. The molecule has 0 saturated carbocycles. The lowest BCUT2D eigenvalue weighted by atomic mass is 10.2. The number of benzene rings is 1. The summed E-state index contributed by atoms with van der Waals surface area (Å²) in [6.45, 7) is 7.28. The number of aromatic nitrogens is 1. The number of nitrogens with zero attached hydrogens (tertiary/aromatic N) is 3. The van der Waals surface area contributed by atoms with Crippen LogP contribution in [0.1, 0.15) is 17.4 Å². The minimum absolute atomic E-state index is 0.237. The van der Waals surface area contributed by atoms with E-state index in [-0.39, 0.29) is 5.91 Å². The first-order valence-corrected chi connectivity index (χ1v) is 8.59. The second-order valence-corrected chi connectivity index (χ2v) is 5.97. The number of piperazine rings is 1. The molecular weight excluding hydrogens is 316 g/mol. The van der Waals surface area contributed by atoms with Crippen LogP contribution in [0.3, 0.4) is 0 Å². The minimum atomic E-state index is -0.237. The fourth-order valence-corrected chi connectivity index (χ4v) is 3.00. The molecule has 1 amide bonds. The lowest BCUT2D eigenvalue weighted by Gasteiger charge is -2.35. The molecule has 1 aliphatic heterocycles. The Morgan fingerprint density at radius 2 is 1.96 bits per heavy atom. The molecule has 3 rings (SSSR count). The van der Waals surface area contributed by atoms with Crippen LogP contribution in [-0.4, -0.2) is 55.6 Å². The summed E-state index contributed by atoms with van der Waals surface area (Å²) in [5, 5.41) is 2.87. The monoisotopic (exact) mass is 340 g/mol. The van der Waals surface area contributed by atoms with E-state index in [1.165, 1.54) is 0 Å². The van der Waals surface area contributed by atoms with Gasteiger partial charge in [-0.25, -0.2) is 0 Å². The number of carbonyl (C=O) groups is 1. The maximum absolute atomic E-state index is 12.6. The third-order valence-electron chi connectivity index (χ3n) is 4.52. The Morgan fingerprint density at radius 3 is 2.68 bits per heavy atom. The molecule has 0 atom stereocenters. The largest absolute Gasteiger partial charge is 0.495 e. The number of hydrogen-bond acceptors (Lipinski definition) is 5. The molecule has 1 N–H and O–H groups in total. The van der Waals surface area contributed by atoms with Crippen LogP contribution in [0.4, 0.5) is 11.4 Å². The number of para-hydroxylation sites is 2. The highest BCUT2D eigenvalue weighted by Crippen LogP contribution is 2.24. The number of methoxy groups -OCH3 is 1. The molecule has 1 aromatic carbocycles. The highest BCUT2D eigenvalue weighted by Gasteiger charge is 2.18. The second-order valence-electron chi connectivity index (χ2n) is 5.97. The number of likely N-dealkylation sites (N-methyl/N-ethyl adjacent to an activating group) is 1. The molecule has 0 radical (unpaired) electrons. The van der Waals surface area contributed by atoms with Crippen LogP contribution in [-0.2, 0) is 0 Å². The van der Waals surface area contributed by atoms with Gasteiger partial charge in [0.25, 0.3) is 5.91 Å². The first-order chi connectivity index (χ1) is 12.2. The fourth-order valence-electron chi connectivity index (χ4n) is 3.00. The normalized spacial score (nSPS) is 15.0. The third-order valence-corrected chi connectivity index (χ3v) is 4.52. The molecule has 1 aromatic heterocycles. The van der Waals surface area contributed by atoms with Gasteiger partial charge in [-0.15, -0.1) is 0 Å². The van der Waals surface area contributed by atoms with Crippen molar-refractivity contribution in [1.82, 2.24) is 9.88 Å². The quantitative estimate of drug-likeness (QED) is 0.906. The van der Waals surface area contributed by atoms with Gasteiger partial charge in [0.05, 0.1) is 12.8 Å². The Kier molecular flexibility index (Phi) is 5.50. The SMILES string of the molecule is CCN1CCN(c2ccnc(C(=O)Nc3ccccc3OC)c2)CC1. The van der Waals surface area contributed by atoms with Gasteiger partial charge in [-0.3, -0.25) is 9.78 Å². The summed E-state index contributed by atoms with van der Waals surface area (Å²) in [7, 11) is 1.58. The number of rotatable bonds is 5. The molecule has 0 bridgehead atoms. The van der Waals surface area contributed by atoms with Gasteiger partial charge >= 0.3 is 0 Å². The van der Waals surface area contributed by atoms with Crippen LogP contribution in [0.15, 0.2) is 42.6 Å². The fraction of sp³-hybridized carbons (Fsp3) is 0.368. The average molecular weight is 340 g/mol. The van der Waals surface area contributed by atoms with Crippen LogP contribution in [0, 0.1) is 0 Å². The molecule has 2 aromatic rings. The standard InChI is InChI=1S/C19H24N4O2/c1-3-22-10-12-23(13-11-22)15-8-9-20-17(14-15)19(24)21-16-6-4-5-7-18(16)25-2/h4-9,14H,3,10-13H2,1-2H3,(H,21,24). The van der Waals surface area contributed by atoms with Gasteiger partial charge in [0, 0.05) is 38.1 Å². The number of pyridine rings is 1. The Labute approximate surface area is 148 Å². The van der Waals surface area contributed by atoms with E-state index in [9.17, 15) is 4.79 Å². The summed E-state index contributed by atoms with van der Waals surface area (Å²) >= 11 is 0. The van der Waals surface area contributed by atoms with Crippen LogP contribution in [0.2, 0.25) is 0 Å². The van der Waals surface area contributed by atoms with Gasteiger partial charge in [-0.05, 0) is 30.8 Å². The summed E-state index contributed by atoms with van der Waals surface area (Å²) in [6.07, 6.45) is 1.69. The number of amides is 1. The van der Waals surface area contributed by atoms with E-state index in [4.69, 9.17) is 4.74 Å². The van der Waals surface area contributed by atoms with E-state index in [2.05, 4.69) is 27.0 Å². The molecule has 0 aliphatic carbocycles. The first-order valence-electron chi connectivity index (χ1n) is 8.59. The average Bonchev–Trinajstić information content (AvgIpc) is 2.68. The third kappa shape index (κ3) is 4.09. The predicted molar refractivity (Wildman–Crippen MR) is 99.5 cm³/mol. The van der Waals surface area contributed by atoms with Crippen molar-refractivity contribution in [2.75, 3.05) is 50.1 Å². The molecular formula is C19H24N4O2. The van der Waals surface area contributed by atoms with Gasteiger partial charge in [0.1, 0.15) is 11.4 Å². The summed E-state index contributed by atoms with van der Waals surface area (Å²) in [5.74, 6) is 0.390. The van der Waals surface area contributed by atoms with E-state index in [0.717, 1.165) is 38.4 Å². The molecule has 132 valence electrons. The van der Waals surface area contributed by atoms with Crippen molar-refractivity contribution in [3.8, 4) is 5.75 Å².